The molecule has 0 unspecified atom stereocenters. The van der Waals surface area contributed by atoms with Gasteiger partial charge in [0.2, 0.25) is 0 Å². The summed E-state index contributed by atoms with van der Waals surface area (Å²) in [6.45, 7) is 0.0994. The Bertz CT molecular complexity index is 768. The maximum absolute atomic E-state index is 12.0. The Labute approximate surface area is 121 Å². The first-order chi connectivity index (χ1) is 10.3. The third-order valence-electron chi connectivity index (χ3n) is 3.11. The molecule has 0 radical (unpaired) electrons. The lowest BCUT2D eigenvalue weighted by Crippen LogP contribution is -2.26. The second-order valence-electron chi connectivity index (χ2n) is 4.47. The van der Waals surface area contributed by atoms with Crippen molar-refractivity contribution in [2.75, 3.05) is 13.2 Å². The van der Waals surface area contributed by atoms with E-state index in [9.17, 15) is 4.79 Å². The lowest BCUT2D eigenvalue weighted by Gasteiger charge is -2.05. The van der Waals surface area contributed by atoms with Gasteiger partial charge in [-0.2, -0.15) is 5.10 Å². The molecule has 1 amide bonds. The van der Waals surface area contributed by atoms with Crippen molar-refractivity contribution in [1.82, 2.24) is 19.9 Å². The molecule has 0 spiro atoms. The summed E-state index contributed by atoms with van der Waals surface area (Å²) < 4.78 is 1.64. The van der Waals surface area contributed by atoms with Crippen LogP contribution in [0.3, 0.4) is 0 Å². The van der Waals surface area contributed by atoms with E-state index >= 15 is 0 Å². The molecular formula is C15H14N4O2. The van der Waals surface area contributed by atoms with Crippen LogP contribution in [0.25, 0.3) is 16.9 Å². The molecule has 2 N–H and O–H groups in total. The number of nitrogens with zero attached hydrogens (tertiary/aromatic N) is 3. The van der Waals surface area contributed by atoms with Crippen LogP contribution in [0.5, 0.6) is 0 Å². The van der Waals surface area contributed by atoms with Gasteiger partial charge in [0.1, 0.15) is 5.56 Å². The Kier molecular flexibility index (Phi) is 3.61. The van der Waals surface area contributed by atoms with Crippen LogP contribution in [0, 0.1) is 0 Å². The third kappa shape index (κ3) is 2.48. The highest BCUT2D eigenvalue weighted by Crippen LogP contribution is 2.20. The largest absolute Gasteiger partial charge is 0.395 e. The molecule has 3 rings (SSSR count). The van der Waals surface area contributed by atoms with Crippen LogP contribution in [-0.2, 0) is 0 Å². The van der Waals surface area contributed by atoms with Crippen LogP contribution in [0.2, 0.25) is 0 Å². The zero-order valence-corrected chi connectivity index (χ0v) is 11.2. The predicted molar refractivity (Wildman–Crippen MR) is 77.8 cm³/mol. The van der Waals surface area contributed by atoms with Gasteiger partial charge in [0.25, 0.3) is 5.91 Å². The van der Waals surface area contributed by atoms with E-state index in [4.69, 9.17) is 5.11 Å². The minimum Gasteiger partial charge on any atom is -0.395 e. The summed E-state index contributed by atoms with van der Waals surface area (Å²) >= 11 is 0. The first kappa shape index (κ1) is 13.3. The Hall–Kier alpha value is -2.73. The average molecular weight is 282 g/mol. The molecule has 2 heterocycles. The van der Waals surface area contributed by atoms with Crippen LogP contribution in [0.15, 0.2) is 48.8 Å². The Morgan fingerprint density at radius 3 is 2.81 bits per heavy atom. The predicted octanol–water partition coefficient (Wildman–Crippen LogP) is 1.12. The number of nitrogens with one attached hydrogen (secondary N) is 1. The highest BCUT2D eigenvalue weighted by atomic mass is 16.3. The topological polar surface area (TPSA) is 79.5 Å². The molecule has 0 aliphatic heterocycles. The second kappa shape index (κ2) is 5.72. The Morgan fingerprint density at radius 2 is 2.05 bits per heavy atom. The zero-order valence-electron chi connectivity index (χ0n) is 11.2. The number of aliphatic hydroxyl groups excluding tert-OH is 1. The highest BCUT2D eigenvalue weighted by molar-refractivity contribution is 5.99. The van der Waals surface area contributed by atoms with E-state index in [1.54, 1.807) is 10.7 Å². The number of rotatable bonds is 4. The monoisotopic (exact) mass is 282 g/mol. The molecule has 0 bridgehead atoms. The van der Waals surface area contributed by atoms with Crippen molar-refractivity contribution >= 4 is 11.6 Å². The SMILES string of the molecule is O=C(NCCO)c1cnn2c(-c3ccccc3)ccnc12. The molecule has 6 heteroatoms. The van der Waals surface area contributed by atoms with Crippen LogP contribution < -0.4 is 5.32 Å². The van der Waals surface area contributed by atoms with Crippen molar-refractivity contribution in [3.63, 3.8) is 0 Å². The molecule has 6 nitrogen and oxygen atoms in total. The van der Waals surface area contributed by atoms with Gasteiger partial charge in [-0.1, -0.05) is 30.3 Å². The van der Waals surface area contributed by atoms with Crippen LogP contribution in [-0.4, -0.2) is 38.8 Å². The van der Waals surface area contributed by atoms with Crippen molar-refractivity contribution in [3.8, 4) is 11.3 Å². The van der Waals surface area contributed by atoms with E-state index in [-0.39, 0.29) is 19.1 Å². The minimum atomic E-state index is -0.295. The standard InChI is InChI=1S/C15H14N4O2/c20-9-8-17-15(21)12-10-18-19-13(6-7-16-14(12)19)11-4-2-1-3-5-11/h1-7,10,20H,8-9H2,(H,17,21). The number of carbonyl (C=O) groups excluding carboxylic acids is 1. The van der Waals surface area contributed by atoms with E-state index in [2.05, 4.69) is 15.4 Å². The van der Waals surface area contributed by atoms with Gasteiger partial charge in [-0.15, -0.1) is 0 Å². The average Bonchev–Trinajstić information content (AvgIpc) is 2.97. The van der Waals surface area contributed by atoms with E-state index in [0.29, 0.717) is 11.2 Å². The van der Waals surface area contributed by atoms with E-state index in [0.717, 1.165) is 11.3 Å². The van der Waals surface area contributed by atoms with Crippen molar-refractivity contribution in [3.05, 3.63) is 54.4 Å². The molecule has 0 atom stereocenters. The first-order valence-corrected chi connectivity index (χ1v) is 6.58. The fourth-order valence-electron chi connectivity index (χ4n) is 2.14. The number of fused-ring (bicyclic) bond motifs is 1. The second-order valence-corrected chi connectivity index (χ2v) is 4.47. The molecule has 0 aliphatic rings. The van der Waals surface area contributed by atoms with Crippen molar-refractivity contribution in [1.29, 1.82) is 0 Å². The van der Waals surface area contributed by atoms with Crippen molar-refractivity contribution in [2.24, 2.45) is 0 Å². The summed E-state index contributed by atoms with van der Waals surface area (Å²) in [5.41, 5.74) is 2.74. The van der Waals surface area contributed by atoms with Gasteiger partial charge < -0.3 is 10.4 Å². The number of carbonyl (C=O) groups is 1. The van der Waals surface area contributed by atoms with Crippen LogP contribution >= 0.6 is 0 Å². The number of hydrogen-bond donors (Lipinski definition) is 2. The molecule has 0 fully saturated rings. The number of aliphatic hydroxyl groups is 1. The normalized spacial score (nSPS) is 10.7. The maximum atomic E-state index is 12.0. The molecule has 21 heavy (non-hydrogen) atoms. The van der Waals surface area contributed by atoms with E-state index in [1.807, 2.05) is 36.4 Å². The van der Waals surface area contributed by atoms with Gasteiger partial charge in [0.05, 0.1) is 18.5 Å². The smallest absolute Gasteiger partial charge is 0.256 e. The quantitative estimate of drug-likeness (QED) is 0.751. The lowest BCUT2D eigenvalue weighted by atomic mass is 10.1. The van der Waals surface area contributed by atoms with Crippen molar-refractivity contribution in [2.45, 2.75) is 0 Å². The fourth-order valence-corrected chi connectivity index (χ4v) is 2.14. The lowest BCUT2D eigenvalue weighted by molar-refractivity contribution is 0.0946. The molecule has 0 aliphatic carbocycles. The fraction of sp³-hybridized carbons (Fsp3) is 0.133. The van der Waals surface area contributed by atoms with Crippen LogP contribution in [0.4, 0.5) is 0 Å². The number of benzene rings is 1. The van der Waals surface area contributed by atoms with E-state index < -0.39 is 0 Å². The summed E-state index contributed by atoms with van der Waals surface area (Å²) in [5.74, 6) is -0.295. The van der Waals surface area contributed by atoms with Gasteiger partial charge in [-0.05, 0) is 6.07 Å². The van der Waals surface area contributed by atoms with Crippen molar-refractivity contribution < 1.29 is 9.90 Å². The molecule has 1 aromatic carbocycles. The highest BCUT2D eigenvalue weighted by Gasteiger charge is 2.15. The molecular weight excluding hydrogens is 268 g/mol. The van der Waals surface area contributed by atoms with E-state index in [1.165, 1.54) is 6.20 Å². The molecule has 0 saturated carbocycles. The molecule has 0 saturated heterocycles. The first-order valence-electron chi connectivity index (χ1n) is 6.58. The van der Waals surface area contributed by atoms with Gasteiger partial charge in [0, 0.05) is 18.3 Å². The summed E-state index contributed by atoms with van der Waals surface area (Å²) in [5, 5.41) is 15.6. The van der Waals surface area contributed by atoms with Gasteiger partial charge in [0.15, 0.2) is 5.65 Å². The zero-order chi connectivity index (χ0) is 14.7. The number of aromatic nitrogens is 3. The number of hydrogen-bond acceptors (Lipinski definition) is 4. The number of amides is 1. The Morgan fingerprint density at radius 1 is 1.24 bits per heavy atom. The molecule has 106 valence electrons. The van der Waals surface area contributed by atoms with Gasteiger partial charge >= 0.3 is 0 Å². The summed E-state index contributed by atoms with van der Waals surface area (Å²) in [7, 11) is 0. The van der Waals surface area contributed by atoms with Gasteiger partial charge in [-0.3, -0.25) is 4.79 Å². The summed E-state index contributed by atoms with van der Waals surface area (Å²) in [6, 6.07) is 11.6. The third-order valence-corrected chi connectivity index (χ3v) is 3.11. The summed E-state index contributed by atoms with van der Waals surface area (Å²) in [6.07, 6.45) is 3.14. The summed E-state index contributed by atoms with van der Waals surface area (Å²) in [4.78, 5) is 16.2. The minimum absolute atomic E-state index is 0.104. The molecule has 3 aromatic rings. The molecule has 2 aromatic heterocycles. The maximum Gasteiger partial charge on any atom is 0.256 e. The van der Waals surface area contributed by atoms with Crippen LogP contribution in [0.1, 0.15) is 10.4 Å². The Balaban J connectivity index is 2.06. The van der Waals surface area contributed by atoms with Gasteiger partial charge in [-0.25, -0.2) is 9.50 Å².